The fraction of sp³-hybridized carbons (Fsp3) is 0.471. The molecule has 0 aliphatic heterocycles. The number of benzene rings is 1. The van der Waals surface area contributed by atoms with Gasteiger partial charge < -0.3 is 9.84 Å². The van der Waals surface area contributed by atoms with E-state index in [-0.39, 0.29) is 5.88 Å². The zero-order valence-corrected chi connectivity index (χ0v) is 13.3. The van der Waals surface area contributed by atoms with E-state index in [9.17, 15) is 5.11 Å². The van der Waals surface area contributed by atoms with Crippen LogP contribution in [0.1, 0.15) is 38.4 Å². The quantitative estimate of drug-likeness (QED) is 0.881. The van der Waals surface area contributed by atoms with E-state index >= 15 is 0 Å². The van der Waals surface area contributed by atoms with Crippen molar-refractivity contribution in [2.45, 2.75) is 40.0 Å². The van der Waals surface area contributed by atoms with E-state index in [1.807, 2.05) is 28.9 Å². The van der Waals surface area contributed by atoms with Gasteiger partial charge in [0.05, 0.1) is 18.5 Å². The zero-order chi connectivity index (χ0) is 15.4. The first-order valence-electron chi connectivity index (χ1n) is 7.51. The molecule has 2 rings (SSSR count). The summed E-state index contributed by atoms with van der Waals surface area (Å²) in [5, 5.41) is 14.5. The molecule has 0 bridgehead atoms. The van der Waals surface area contributed by atoms with Crippen molar-refractivity contribution in [2.24, 2.45) is 5.92 Å². The van der Waals surface area contributed by atoms with E-state index in [0.29, 0.717) is 5.92 Å². The average Bonchev–Trinajstić information content (AvgIpc) is 2.76. The van der Waals surface area contributed by atoms with Crippen molar-refractivity contribution in [1.82, 2.24) is 9.78 Å². The summed E-state index contributed by atoms with van der Waals surface area (Å²) in [6.07, 6.45) is 2.74. The van der Waals surface area contributed by atoms with Gasteiger partial charge in [0.2, 0.25) is 5.88 Å². The van der Waals surface area contributed by atoms with Gasteiger partial charge in [0.25, 0.3) is 0 Å². The minimum Gasteiger partial charge on any atom is -0.497 e. The van der Waals surface area contributed by atoms with Gasteiger partial charge in [0.1, 0.15) is 5.75 Å². The first kappa shape index (κ1) is 15.4. The molecule has 2 aromatic rings. The molecular weight excluding hydrogens is 264 g/mol. The van der Waals surface area contributed by atoms with Crippen LogP contribution in [0.4, 0.5) is 0 Å². The topological polar surface area (TPSA) is 47.3 Å². The van der Waals surface area contributed by atoms with E-state index in [0.717, 1.165) is 42.0 Å². The molecule has 0 unspecified atom stereocenters. The molecule has 0 saturated carbocycles. The summed E-state index contributed by atoms with van der Waals surface area (Å²) in [5.41, 5.74) is 3.03. The molecule has 4 nitrogen and oxygen atoms in total. The van der Waals surface area contributed by atoms with Crippen molar-refractivity contribution in [1.29, 1.82) is 0 Å². The summed E-state index contributed by atoms with van der Waals surface area (Å²) < 4.78 is 7.05. The molecule has 4 heteroatoms. The normalized spacial score (nSPS) is 11.1. The van der Waals surface area contributed by atoms with Crippen LogP contribution in [0.2, 0.25) is 0 Å². The van der Waals surface area contributed by atoms with Gasteiger partial charge in [-0.2, -0.15) is 0 Å². The van der Waals surface area contributed by atoms with Crippen molar-refractivity contribution in [3.63, 3.8) is 0 Å². The Morgan fingerprint density at radius 3 is 2.43 bits per heavy atom. The Labute approximate surface area is 126 Å². The molecule has 0 radical (unpaired) electrons. The van der Waals surface area contributed by atoms with Crippen molar-refractivity contribution in [3.8, 4) is 17.3 Å². The predicted molar refractivity (Wildman–Crippen MR) is 84.3 cm³/mol. The Hall–Kier alpha value is -1.97. The molecule has 1 N–H and O–H groups in total. The van der Waals surface area contributed by atoms with Crippen LogP contribution in [-0.4, -0.2) is 22.0 Å². The summed E-state index contributed by atoms with van der Waals surface area (Å²) in [6.45, 7) is 6.47. The van der Waals surface area contributed by atoms with Crippen molar-refractivity contribution in [3.05, 3.63) is 35.5 Å². The fourth-order valence-corrected chi connectivity index (χ4v) is 2.51. The lowest BCUT2D eigenvalue weighted by Crippen LogP contribution is -2.07. The molecular formula is C17H24N2O2. The lowest BCUT2D eigenvalue weighted by molar-refractivity contribution is 0.414. The van der Waals surface area contributed by atoms with Crippen LogP contribution in [0.3, 0.4) is 0 Å². The summed E-state index contributed by atoms with van der Waals surface area (Å²) in [5.74, 6) is 1.48. The summed E-state index contributed by atoms with van der Waals surface area (Å²) in [4.78, 5) is 0. The highest BCUT2D eigenvalue weighted by molar-refractivity contribution is 5.42. The molecule has 0 aliphatic rings. The highest BCUT2D eigenvalue weighted by atomic mass is 16.5. The van der Waals surface area contributed by atoms with Crippen LogP contribution < -0.4 is 4.74 Å². The lowest BCUT2D eigenvalue weighted by atomic mass is 10.0. The summed E-state index contributed by atoms with van der Waals surface area (Å²) in [7, 11) is 1.65. The second kappa shape index (κ2) is 6.66. The zero-order valence-electron chi connectivity index (χ0n) is 13.3. The maximum Gasteiger partial charge on any atom is 0.234 e. The number of hydrogen-bond donors (Lipinski definition) is 1. The first-order valence-corrected chi connectivity index (χ1v) is 7.51. The number of nitrogens with zero attached hydrogens (tertiary/aromatic N) is 2. The molecule has 0 aliphatic carbocycles. The second-order valence-corrected chi connectivity index (χ2v) is 5.71. The lowest BCUT2D eigenvalue weighted by Gasteiger charge is -2.11. The predicted octanol–water partition coefficient (Wildman–Crippen LogP) is 3.74. The standard InChI is InChI=1S/C17H24N2O2/c1-5-6-15-16(11-12(2)3)19(18-17(15)20)13-7-9-14(21-4)10-8-13/h7-10,12H,5-6,11H2,1-4H3,(H,18,20). The van der Waals surface area contributed by atoms with Crippen molar-refractivity contribution >= 4 is 0 Å². The van der Waals surface area contributed by atoms with Crippen LogP contribution in [0, 0.1) is 5.92 Å². The van der Waals surface area contributed by atoms with E-state index in [2.05, 4.69) is 25.9 Å². The highest BCUT2D eigenvalue weighted by Gasteiger charge is 2.18. The smallest absolute Gasteiger partial charge is 0.234 e. The molecule has 0 atom stereocenters. The molecule has 21 heavy (non-hydrogen) atoms. The van der Waals surface area contributed by atoms with Crippen LogP contribution in [0.5, 0.6) is 11.6 Å². The average molecular weight is 288 g/mol. The molecule has 1 aromatic carbocycles. The third kappa shape index (κ3) is 3.38. The van der Waals surface area contributed by atoms with Gasteiger partial charge in [0, 0.05) is 5.56 Å². The van der Waals surface area contributed by atoms with E-state index < -0.39 is 0 Å². The Morgan fingerprint density at radius 1 is 1.24 bits per heavy atom. The minimum absolute atomic E-state index is 0.156. The van der Waals surface area contributed by atoms with Crippen molar-refractivity contribution < 1.29 is 9.84 Å². The SMILES string of the molecule is CCCc1c(O)nn(-c2ccc(OC)cc2)c1CC(C)C. The van der Waals surface area contributed by atoms with E-state index in [1.54, 1.807) is 7.11 Å². The van der Waals surface area contributed by atoms with Gasteiger partial charge in [0.15, 0.2) is 0 Å². The molecule has 114 valence electrons. The van der Waals surface area contributed by atoms with Gasteiger partial charge >= 0.3 is 0 Å². The molecule has 0 fully saturated rings. The molecule has 1 aromatic heterocycles. The molecule has 0 spiro atoms. The third-order valence-corrected chi connectivity index (χ3v) is 3.49. The number of ether oxygens (including phenoxy) is 1. The number of methoxy groups -OCH3 is 1. The van der Waals surface area contributed by atoms with E-state index in [4.69, 9.17) is 4.74 Å². The minimum atomic E-state index is 0.156. The first-order chi connectivity index (χ1) is 10.1. The van der Waals surface area contributed by atoms with Crippen LogP contribution >= 0.6 is 0 Å². The number of hydrogen-bond acceptors (Lipinski definition) is 3. The second-order valence-electron chi connectivity index (χ2n) is 5.71. The van der Waals surface area contributed by atoms with Crippen LogP contribution in [0.15, 0.2) is 24.3 Å². The molecule has 0 amide bonds. The monoisotopic (exact) mass is 288 g/mol. The highest BCUT2D eigenvalue weighted by Crippen LogP contribution is 2.27. The summed E-state index contributed by atoms with van der Waals surface area (Å²) in [6, 6.07) is 7.75. The maximum atomic E-state index is 10.2. The number of rotatable bonds is 6. The van der Waals surface area contributed by atoms with Gasteiger partial charge in [-0.3, -0.25) is 0 Å². The van der Waals surface area contributed by atoms with Crippen LogP contribution in [0.25, 0.3) is 5.69 Å². The molecule has 1 heterocycles. The van der Waals surface area contributed by atoms with Crippen LogP contribution in [-0.2, 0) is 12.8 Å². The Kier molecular flexibility index (Phi) is 4.89. The van der Waals surface area contributed by atoms with Gasteiger partial charge in [-0.05, 0) is 43.0 Å². The largest absolute Gasteiger partial charge is 0.497 e. The maximum absolute atomic E-state index is 10.2. The van der Waals surface area contributed by atoms with Gasteiger partial charge in [-0.15, -0.1) is 5.10 Å². The van der Waals surface area contributed by atoms with Gasteiger partial charge in [-0.25, -0.2) is 4.68 Å². The third-order valence-electron chi connectivity index (χ3n) is 3.49. The Bertz CT molecular complexity index is 586. The number of aromatic hydroxyl groups is 1. The number of aromatic nitrogens is 2. The Balaban J connectivity index is 2.47. The van der Waals surface area contributed by atoms with Crippen molar-refractivity contribution in [2.75, 3.05) is 7.11 Å². The Morgan fingerprint density at radius 2 is 1.90 bits per heavy atom. The molecule has 0 saturated heterocycles. The van der Waals surface area contributed by atoms with E-state index in [1.165, 1.54) is 0 Å². The fourth-order valence-electron chi connectivity index (χ4n) is 2.51. The summed E-state index contributed by atoms with van der Waals surface area (Å²) >= 11 is 0. The van der Waals surface area contributed by atoms with Gasteiger partial charge in [-0.1, -0.05) is 27.2 Å².